The van der Waals surface area contributed by atoms with Crippen LogP contribution in [0.1, 0.15) is 36.6 Å². The summed E-state index contributed by atoms with van der Waals surface area (Å²) in [6, 6.07) is 11.3. The maximum absolute atomic E-state index is 15.8. The Labute approximate surface area is 208 Å². The first-order chi connectivity index (χ1) is 17.3. The molecular weight excluding hydrogens is 457 g/mol. The number of benzene rings is 1. The fourth-order valence-corrected chi connectivity index (χ4v) is 5.28. The Morgan fingerprint density at radius 1 is 1.14 bits per heavy atom. The quantitative estimate of drug-likeness (QED) is 0.456. The average molecular weight is 486 g/mol. The average Bonchev–Trinajstić information content (AvgIpc) is 3.43. The van der Waals surface area contributed by atoms with Crippen LogP contribution in [0.4, 0.5) is 10.2 Å². The molecule has 184 valence electrons. The van der Waals surface area contributed by atoms with Crippen molar-refractivity contribution in [2.75, 3.05) is 19.4 Å². The van der Waals surface area contributed by atoms with E-state index in [1.807, 2.05) is 62.2 Å². The Morgan fingerprint density at radius 2 is 1.94 bits per heavy atom. The van der Waals surface area contributed by atoms with Crippen molar-refractivity contribution in [2.45, 2.75) is 45.2 Å². The highest BCUT2D eigenvalue weighted by molar-refractivity contribution is 5.88. The van der Waals surface area contributed by atoms with E-state index in [4.69, 9.17) is 5.10 Å². The summed E-state index contributed by atoms with van der Waals surface area (Å²) < 4.78 is 19.3. The van der Waals surface area contributed by atoms with Crippen molar-refractivity contribution in [1.82, 2.24) is 29.4 Å². The van der Waals surface area contributed by atoms with E-state index in [-0.39, 0.29) is 17.3 Å². The number of nitrogens with zero attached hydrogens (tertiary/aromatic N) is 6. The lowest BCUT2D eigenvalue weighted by atomic mass is 10.00. The number of hydrogen-bond donors (Lipinski definition) is 1. The fourth-order valence-electron chi connectivity index (χ4n) is 5.28. The molecule has 1 amide bonds. The lowest BCUT2D eigenvalue weighted by Crippen LogP contribution is -2.27. The first-order valence-corrected chi connectivity index (χ1v) is 12.2. The van der Waals surface area contributed by atoms with Crippen LogP contribution in [0.15, 0.2) is 42.6 Å². The number of anilines is 1. The molecule has 9 heteroatoms. The first-order valence-electron chi connectivity index (χ1n) is 12.2. The second-order valence-electron chi connectivity index (χ2n) is 9.94. The summed E-state index contributed by atoms with van der Waals surface area (Å²) in [5.74, 6) is -0.0468. The van der Waals surface area contributed by atoms with Crippen LogP contribution in [-0.2, 0) is 23.3 Å². The van der Waals surface area contributed by atoms with Gasteiger partial charge in [-0.2, -0.15) is 10.2 Å². The molecule has 1 aliphatic heterocycles. The molecule has 1 saturated carbocycles. The van der Waals surface area contributed by atoms with Gasteiger partial charge in [0.05, 0.1) is 17.1 Å². The zero-order valence-corrected chi connectivity index (χ0v) is 20.8. The largest absolute Gasteiger partial charge is 0.309 e. The minimum absolute atomic E-state index is 0.0898. The van der Waals surface area contributed by atoms with Crippen molar-refractivity contribution in [2.24, 2.45) is 0 Å². The van der Waals surface area contributed by atoms with Gasteiger partial charge in [0.2, 0.25) is 5.91 Å². The van der Waals surface area contributed by atoms with Crippen molar-refractivity contribution in [3.05, 3.63) is 65.2 Å². The number of pyridine rings is 1. The number of rotatable bonds is 5. The molecule has 36 heavy (non-hydrogen) atoms. The number of halogens is 1. The van der Waals surface area contributed by atoms with Crippen molar-refractivity contribution in [3.63, 3.8) is 0 Å². The molecule has 3 aromatic heterocycles. The summed E-state index contributed by atoms with van der Waals surface area (Å²) in [5.41, 5.74) is 6.43. The van der Waals surface area contributed by atoms with Gasteiger partial charge in [-0.25, -0.2) is 9.07 Å². The summed E-state index contributed by atoms with van der Waals surface area (Å²) >= 11 is 0. The van der Waals surface area contributed by atoms with E-state index in [1.54, 1.807) is 10.7 Å². The minimum atomic E-state index is -0.321. The number of nitrogens with one attached hydrogen (secondary N) is 1. The van der Waals surface area contributed by atoms with Crippen molar-refractivity contribution >= 4 is 11.7 Å². The van der Waals surface area contributed by atoms with Gasteiger partial charge in [0.15, 0.2) is 5.82 Å². The smallest absolute Gasteiger partial charge is 0.222 e. The molecule has 0 spiro atoms. The standard InChI is InChI=1S/C27H28FN7O/c1-16-5-6-18(15-29-16)25-20-9-12-34-23(14-24(31-34)30-17(2)36)26(20)35(32-25)22-8-7-19(13-21(22)28)27(10-11-27)33(3)4/h5-8,13-15H,9-12H2,1-4H3,(H,30,31,36). The lowest BCUT2D eigenvalue weighted by Gasteiger charge is -2.24. The van der Waals surface area contributed by atoms with Gasteiger partial charge in [0.25, 0.3) is 0 Å². The minimum Gasteiger partial charge on any atom is -0.309 e. The van der Waals surface area contributed by atoms with E-state index in [1.165, 1.54) is 6.92 Å². The highest BCUT2D eigenvalue weighted by Gasteiger charge is 2.46. The van der Waals surface area contributed by atoms with E-state index in [2.05, 4.69) is 20.3 Å². The van der Waals surface area contributed by atoms with E-state index < -0.39 is 0 Å². The lowest BCUT2D eigenvalue weighted by molar-refractivity contribution is -0.114. The predicted molar refractivity (Wildman–Crippen MR) is 135 cm³/mol. The summed E-state index contributed by atoms with van der Waals surface area (Å²) in [7, 11) is 4.08. The maximum atomic E-state index is 15.8. The van der Waals surface area contributed by atoms with Crippen molar-refractivity contribution in [1.29, 1.82) is 0 Å². The summed E-state index contributed by atoms with van der Waals surface area (Å²) in [4.78, 5) is 18.3. The van der Waals surface area contributed by atoms with Gasteiger partial charge in [-0.1, -0.05) is 6.07 Å². The van der Waals surface area contributed by atoms with Crippen molar-refractivity contribution < 1.29 is 9.18 Å². The SMILES string of the molecule is CC(=O)Nc1cc2n(n1)CCc1c(-c3ccc(C)nc3)nn(-c3ccc(C4(N(C)C)CC4)cc3F)c1-2. The van der Waals surface area contributed by atoms with Crippen LogP contribution in [-0.4, -0.2) is 49.4 Å². The van der Waals surface area contributed by atoms with E-state index >= 15 is 4.39 Å². The zero-order chi connectivity index (χ0) is 25.2. The topological polar surface area (TPSA) is 80.9 Å². The molecule has 1 N–H and O–H groups in total. The molecule has 4 heterocycles. The molecule has 0 atom stereocenters. The molecule has 1 aliphatic carbocycles. The van der Waals surface area contributed by atoms with Crippen LogP contribution in [0.3, 0.4) is 0 Å². The van der Waals surface area contributed by atoms with Crippen LogP contribution >= 0.6 is 0 Å². The third kappa shape index (κ3) is 3.53. The Morgan fingerprint density at radius 3 is 2.58 bits per heavy atom. The molecule has 1 aromatic carbocycles. The van der Waals surface area contributed by atoms with Gasteiger partial charge in [-0.05, 0) is 70.1 Å². The van der Waals surface area contributed by atoms with E-state index in [0.29, 0.717) is 24.5 Å². The van der Waals surface area contributed by atoms with Gasteiger partial charge in [-0.15, -0.1) is 0 Å². The van der Waals surface area contributed by atoms with Gasteiger partial charge >= 0.3 is 0 Å². The molecule has 8 nitrogen and oxygen atoms in total. The molecule has 6 rings (SSSR count). The molecule has 0 unspecified atom stereocenters. The molecule has 4 aromatic rings. The van der Waals surface area contributed by atoms with Crippen LogP contribution < -0.4 is 5.32 Å². The molecule has 0 saturated heterocycles. The highest BCUT2D eigenvalue weighted by atomic mass is 19.1. The van der Waals surface area contributed by atoms with Crippen LogP contribution in [0.5, 0.6) is 0 Å². The third-order valence-corrected chi connectivity index (χ3v) is 7.36. The number of aryl methyl sites for hydroxylation is 2. The second kappa shape index (κ2) is 8.09. The molecule has 0 radical (unpaired) electrons. The van der Waals surface area contributed by atoms with Gasteiger partial charge in [-0.3, -0.25) is 19.4 Å². The molecule has 0 bridgehead atoms. The Kier molecular flexibility index (Phi) is 5.08. The molecule has 1 fully saturated rings. The summed E-state index contributed by atoms with van der Waals surface area (Å²) in [5, 5.41) is 12.2. The maximum Gasteiger partial charge on any atom is 0.222 e. The number of fused-ring (bicyclic) bond motifs is 3. The zero-order valence-electron chi connectivity index (χ0n) is 20.8. The van der Waals surface area contributed by atoms with Crippen LogP contribution in [0, 0.1) is 12.7 Å². The number of hydrogen-bond acceptors (Lipinski definition) is 5. The summed E-state index contributed by atoms with van der Waals surface area (Å²) in [6.45, 7) is 4.03. The fraction of sp³-hybridized carbons (Fsp3) is 0.333. The van der Waals surface area contributed by atoms with Gasteiger partial charge in [0.1, 0.15) is 11.5 Å². The number of carbonyl (C=O) groups is 1. The van der Waals surface area contributed by atoms with Crippen LogP contribution in [0.2, 0.25) is 0 Å². The predicted octanol–water partition coefficient (Wildman–Crippen LogP) is 4.31. The Balaban J connectivity index is 1.53. The van der Waals surface area contributed by atoms with E-state index in [0.717, 1.165) is 52.3 Å². The Bertz CT molecular complexity index is 1500. The molecular formula is C27H28FN7O. The second-order valence-corrected chi connectivity index (χ2v) is 9.94. The normalized spacial score (nSPS) is 15.5. The van der Waals surface area contributed by atoms with Gasteiger partial charge < -0.3 is 5.32 Å². The number of amides is 1. The monoisotopic (exact) mass is 485 g/mol. The first kappa shape index (κ1) is 22.6. The van der Waals surface area contributed by atoms with Crippen LogP contribution in [0.25, 0.3) is 28.3 Å². The summed E-state index contributed by atoms with van der Waals surface area (Å²) in [6.07, 6.45) is 4.53. The number of carbonyl (C=O) groups excluding carboxylic acids is 1. The highest BCUT2D eigenvalue weighted by Crippen LogP contribution is 2.50. The third-order valence-electron chi connectivity index (χ3n) is 7.36. The Hall–Kier alpha value is -3.85. The molecule has 2 aliphatic rings. The number of aromatic nitrogens is 5. The van der Waals surface area contributed by atoms with Gasteiger partial charge in [0, 0.05) is 48.1 Å². The van der Waals surface area contributed by atoms with Crippen molar-refractivity contribution in [3.8, 4) is 28.3 Å². The van der Waals surface area contributed by atoms with E-state index in [9.17, 15) is 4.79 Å².